The summed E-state index contributed by atoms with van der Waals surface area (Å²) in [5.74, 6) is 0.931. The molecule has 1 heterocycles. The first-order chi connectivity index (χ1) is 7.16. The second-order valence-electron chi connectivity index (χ2n) is 4.59. The van der Waals surface area contributed by atoms with Crippen molar-refractivity contribution < 1.29 is 9.52 Å². The number of furan rings is 1. The van der Waals surface area contributed by atoms with Gasteiger partial charge < -0.3 is 9.52 Å². The number of rotatable bonds is 2. The van der Waals surface area contributed by atoms with Crippen LogP contribution in [0.1, 0.15) is 24.2 Å². The van der Waals surface area contributed by atoms with E-state index in [-0.39, 0.29) is 0 Å². The quantitative estimate of drug-likeness (QED) is 0.812. The standard InChI is InChI=1S/C13H14O2/c1-9-7-11-10(8-13(14)5-6-13)3-2-4-12(11)15-9/h2-4,7,14H,5-6,8H2,1H3. The van der Waals surface area contributed by atoms with Gasteiger partial charge in [0, 0.05) is 11.8 Å². The van der Waals surface area contributed by atoms with Gasteiger partial charge in [-0.3, -0.25) is 0 Å². The minimum atomic E-state index is -0.431. The number of hydrogen-bond donors (Lipinski definition) is 1. The largest absolute Gasteiger partial charge is 0.461 e. The van der Waals surface area contributed by atoms with Gasteiger partial charge in [0.05, 0.1) is 5.60 Å². The molecule has 0 amide bonds. The summed E-state index contributed by atoms with van der Waals surface area (Å²) in [6.07, 6.45) is 2.61. The van der Waals surface area contributed by atoms with Gasteiger partial charge in [0.1, 0.15) is 11.3 Å². The van der Waals surface area contributed by atoms with Crippen LogP contribution in [0.5, 0.6) is 0 Å². The average Bonchev–Trinajstić information content (AvgIpc) is 2.76. The van der Waals surface area contributed by atoms with Crippen LogP contribution in [-0.4, -0.2) is 10.7 Å². The zero-order chi connectivity index (χ0) is 10.5. The summed E-state index contributed by atoms with van der Waals surface area (Å²) in [7, 11) is 0. The molecule has 1 aromatic heterocycles. The van der Waals surface area contributed by atoms with Gasteiger partial charge in [-0.05, 0) is 37.5 Å². The second kappa shape index (κ2) is 2.86. The van der Waals surface area contributed by atoms with Crippen molar-refractivity contribution in [3.63, 3.8) is 0 Å². The minimum absolute atomic E-state index is 0.431. The molecule has 1 aliphatic carbocycles. The molecule has 78 valence electrons. The number of aryl methyl sites for hydroxylation is 1. The molecule has 0 atom stereocenters. The number of hydrogen-bond acceptors (Lipinski definition) is 2. The van der Waals surface area contributed by atoms with Crippen molar-refractivity contribution in [1.82, 2.24) is 0 Å². The first-order valence-corrected chi connectivity index (χ1v) is 5.37. The van der Waals surface area contributed by atoms with Crippen LogP contribution < -0.4 is 0 Å². The molecule has 2 heteroatoms. The monoisotopic (exact) mass is 202 g/mol. The average molecular weight is 202 g/mol. The lowest BCUT2D eigenvalue weighted by molar-refractivity contribution is 0.151. The molecule has 1 aliphatic rings. The fourth-order valence-corrected chi connectivity index (χ4v) is 2.08. The Bertz CT molecular complexity index is 506. The molecule has 15 heavy (non-hydrogen) atoms. The van der Waals surface area contributed by atoms with Gasteiger partial charge in [0.2, 0.25) is 0 Å². The zero-order valence-electron chi connectivity index (χ0n) is 8.79. The van der Waals surface area contributed by atoms with Crippen LogP contribution in [0.3, 0.4) is 0 Å². The van der Waals surface area contributed by atoms with Gasteiger partial charge in [-0.15, -0.1) is 0 Å². The van der Waals surface area contributed by atoms with E-state index in [4.69, 9.17) is 4.42 Å². The van der Waals surface area contributed by atoms with Crippen LogP contribution in [-0.2, 0) is 6.42 Å². The predicted octanol–water partition coefficient (Wildman–Crippen LogP) is 2.81. The normalized spacial score (nSPS) is 18.3. The van der Waals surface area contributed by atoms with Crippen molar-refractivity contribution >= 4 is 11.0 Å². The number of benzene rings is 1. The summed E-state index contributed by atoms with van der Waals surface area (Å²) in [6.45, 7) is 1.95. The summed E-state index contributed by atoms with van der Waals surface area (Å²) in [5, 5.41) is 11.1. The Labute approximate surface area is 88.5 Å². The first kappa shape index (κ1) is 8.98. The van der Waals surface area contributed by atoms with Gasteiger partial charge in [-0.1, -0.05) is 12.1 Å². The Morgan fingerprint density at radius 1 is 1.40 bits per heavy atom. The van der Waals surface area contributed by atoms with E-state index in [1.165, 1.54) is 5.56 Å². The van der Waals surface area contributed by atoms with Gasteiger partial charge in [-0.25, -0.2) is 0 Å². The maximum Gasteiger partial charge on any atom is 0.134 e. The van der Waals surface area contributed by atoms with Crippen molar-refractivity contribution in [2.24, 2.45) is 0 Å². The Morgan fingerprint density at radius 2 is 2.20 bits per heavy atom. The molecule has 3 rings (SSSR count). The Morgan fingerprint density at radius 3 is 2.93 bits per heavy atom. The SMILES string of the molecule is Cc1cc2c(CC3(O)CC3)cccc2o1. The van der Waals surface area contributed by atoms with Gasteiger partial charge in [0.15, 0.2) is 0 Å². The second-order valence-corrected chi connectivity index (χ2v) is 4.59. The van der Waals surface area contributed by atoms with Crippen LogP contribution in [0, 0.1) is 6.92 Å². The molecular formula is C13H14O2. The lowest BCUT2D eigenvalue weighted by atomic mass is 10.0. The summed E-state index contributed by atoms with van der Waals surface area (Å²) in [5.41, 5.74) is 1.69. The lowest BCUT2D eigenvalue weighted by Gasteiger charge is -2.07. The van der Waals surface area contributed by atoms with E-state index in [1.807, 2.05) is 19.1 Å². The molecular weight excluding hydrogens is 188 g/mol. The molecule has 0 bridgehead atoms. The number of aliphatic hydroxyl groups is 1. The van der Waals surface area contributed by atoms with E-state index in [0.29, 0.717) is 0 Å². The van der Waals surface area contributed by atoms with E-state index in [1.54, 1.807) is 0 Å². The molecule has 0 spiro atoms. The Kier molecular flexibility index (Phi) is 1.71. The van der Waals surface area contributed by atoms with Gasteiger partial charge in [-0.2, -0.15) is 0 Å². The topological polar surface area (TPSA) is 33.4 Å². The van der Waals surface area contributed by atoms with Crippen molar-refractivity contribution in [2.45, 2.75) is 31.8 Å². The van der Waals surface area contributed by atoms with Crippen molar-refractivity contribution in [3.8, 4) is 0 Å². The molecule has 1 saturated carbocycles. The van der Waals surface area contributed by atoms with E-state index in [9.17, 15) is 5.11 Å². The lowest BCUT2D eigenvalue weighted by Crippen LogP contribution is -2.10. The Hall–Kier alpha value is -1.28. The molecule has 0 unspecified atom stereocenters. The molecule has 2 nitrogen and oxygen atoms in total. The predicted molar refractivity (Wildman–Crippen MR) is 58.8 cm³/mol. The maximum absolute atomic E-state index is 9.92. The Balaban J connectivity index is 2.08. The van der Waals surface area contributed by atoms with Crippen LogP contribution in [0.4, 0.5) is 0 Å². The fourth-order valence-electron chi connectivity index (χ4n) is 2.08. The minimum Gasteiger partial charge on any atom is -0.461 e. The highest BCUT2D eigenvalue weighted by Crippen LogP contribution is 2.39. The van der Waals surface area contributed by atoms with Crippen LogP contribution >= 0.6 is 0 Å². The van der Waals surface area contributed by atoms with E-state index in [2.05, 4.69) is 12.1 Å². The summed E-state index contributed by atoms with van der Waals surface area (Å²) < 4.78 is 5.56. The van der Waals surface area contributed by atoms with Gasteiger partial charge >= 0.3 is 0 Å². The van der Waals surface area contributed by atoms with Crippen LogP contribution in [0.2, 0.25) is 0 Å². The zero-order valence-corrected chi connectivity index (χ0v) is 8.79. The van der Waals surface area contributed by atoms with Crippen molar-refractivity contribution in [3.05, 3.63) is 35.6 Å². The molecule has 1 N–H and O–H groups in total. The highest BCUT2D eigenvalue weighted by Gasteiger charge is 2.40. The summed E-state index contributed by atoms with van der Waals surface area (Å²) in [4.78, 5) is 0. The smallest absolute Gasteiger partial charge is 0.134 e. The molecule has 0 saturated heterocycles. The molecule has 0 aliphatic heterocycles. The third kappa shape index (κ3) is 1.55. The highest BCUT2D eigenvalue weighted by molar-refractivity contribution is 5.81. The molecule has 2 aromatic rings. The number of fused-ring (bicyclic) bond motifs is 1. The molecule has 1 aromatic carbocycles. The van der Waals surface area contributed by atoms with Crippen LogP contribution in [0.25, 0.3) is 11.0 Å². The summed E-state index contributed by atoms with van der Waals surface area (Å²) in [6, 6.07) is 8.10. The van der Waals surface area contributed by atoms with E-state index < -0.39 is 5.60 Å². The third-order valence-corrected chi connectivity index (χ3v) is 3.12. The highest BCUT2D eigenvalue weighted by atomic mass is 16.3. The van der Waals surface area contributed by atoms with Crippen LogP contribution in [0.15, 0.2) is 28.7 Å². The van der Waals surface area contributed by atoms with E-state index in [0.717, 1.165) is 36.0 Å². The first-order valence-electron chi connectivity index (χ1n) is 5.37. The molecule has 1 fully saturated rings. The fraction of sp³-hybridized carbons (Fsp3) is 0.385. The third-order valence-electron chi connectivity index (χ3n) is 3.12. The van der Waals surface area contributed by atoms with E-state index >= 15 is 0 Å². The van der Waals surface area contributed by atoms with Crippen molar-refractivity contribution in [1.29, 1.82) is 0 Å². The van der Waals surface area contributed by atoms with Gasteiger partial charge in [0.25, 0.3) is 0 Å². The summed E-state index contributed by atoms with van der Waals surface area (Å²) >= 11 is 0. The molecule has 0 radical (unpaired) electrons. The van der Waals surface area contributed by atoms with Crippen molar-refractivity contribution in [2.75, 3.05) is 0 Å². The maximum atomic E-state index is 9.92.